The second kappa shape index (κ2) is 13.3. The molecule has 0 aromatic carbocycles. The SMILES string of the molecule is CCC(C)C(NC(=O)C(N)CS)C(=O)NC(CC(=O)O)C(=O)NC(CS)C(=O)O. The van der Waals surface area contributed by atoms with Crippen LogP contribution in [0.25, 0.3) is 0 Å². The van der Waals surface area contributed by atoms with Crippen LogP contribution < -0.4 is 21.7 Å². The summed E-state index contributed by atoms with van der Waals surface area (Å²) in [7, 11) is 0. The number of carbonyl (C=O) groups is 5. The Labute approximate surface area is 179 Å². The largest absolute Gasteiger partial charge is 0.481 e. The topological polar surface area (TPSA) is 188 Å². The maximum absolute atomic E-state index is 12.7. The van der Waals surface area contributed by atoms with E-state index in [0.717, 1.165) is 0 Å². The molecule has 0 rings (SSSR count). The van der Waals surface area contributed by atoms with Gasteiger partial charge in [0.2, 0.25) is 17.7 Å². The van der Waals surface area contributed by atoms with Crippen LogP contribution in [0.5, 0.6) is 0 Å². The monoisotopic (exact) mass is 452 g/mol. The molecular formula is C16H28N4O7S2. The molecule has 0 saturated carbocycles. The van der Waals surface area contributed by atoms with Gasteiger partial charge in [0, 0.05) is 11.5 Å². The van der Waals surface area contributed by atoms with Crippen molar-refractivity contribution in [3.8, 4) is 0 Å². The molecule has 5 unspecified atom stereocenters. The lowest BCUT2D eigenvalue weighted by Crippen LogP contribution is -2.59. The summed E-state index contributed by atoms with van der Waals surface area (Å²) in [5.41, 5.74) is 5.60. The van der Waals surface area contributed by atoms with Gasteiger partial charge in [0.05, 0.1) is 12.5 Å². The number of carboxylic acids is 2. The molecule has 0 bridgehead atoms. The highest BCUT2D eigenvalue weighted by molar-refractivity contribution is 7.80. The Balaban J connectivity index is 5.46. The maximum atomic E-state index is 12.7. The molecule has 0 saturated heterocycles. The first kappa shape index (κ1) is 27.0. The predicted molar refractivity (Wildman–Crippen MR) is 111 cm³/mol. The number of rotatable bonds is 13. The molecule has 0 spiro atoms. The molecule has 0 radical (unpaired) electrons. The van der Waals surface area contributed by atoms with Gasteiger partial charge in [-0.25, -0.2) is 4.79 Å². The maximum Gasteiger partial charge on any atom is 0.327 e. The van der Waals surface area contributed by atoms with Crippen molar-refractivity contribution in [2.75, 3.05) is 11.5 Å². The Hall–Kier alpha value is -1.99. The molecular weight excluding hydrogens is 424 g/mol. The molecule has 0 aliphatic rings. The van der Waals surface area contributed by atoms with Crippen molar-refractivity contribution in [1.29, 1.82) is 0 Å². The van der Waals surface area contributed by atoms with E-state index in [9.17, 15) is 24.0 Å². The minimum absolute atomic E-state index is 0.0467. The number of hydrogen-bond donors (Lipinski definition) is 8. The van der Waals surface area contributed by atoms with Gasteiger partial charge in [0.15, 0.2) is 0 Å². The van der Waals surface area contributed by atoms with Crippen molar-refractivity contribution in [2.24, 2.45) is 11.7 Å². The molecule has 0 aromatic heterocycles. The molecule has 29 heavy (non-hydrogen) atoms. The number of aliphatic carboxylic acids is 2. The molecule has 3 amide bonds. The lowest BCUT2D eigenvalue weighted by atomic mass is 9.97. The zero-order chi connectivity index (χ0) is 22.7. The number of hydrogen-bond acceptors (Lipinski definition) is 8. The van der Waals surface area contributed by atoms with Gasteiger partial charge < -0.3 is 31.9 Å². The van der Waals surface area contributed by atoms with E-state index in [1.165, 1.54) is 0 Å². The van der Waals surface area contributed by atoms with E-state index in [0.29, 0.717) is 6.42 Å². The Morgan fingerprint density at radius 3 is 1.86 bits per heavy atom. The molecule has 5 atom stereocenters. The minimum Gasteiger partial charge on any atom is -0.481 e. The molecule has 0 heterocycles. The zero-order valence-electron chi connectivity index (χ0n) is 16.1. The van der Waals surface area contributed by atoms with Crippen molar-refractivity contribution >= 4 is 54.9 Å². The lowest BCUT2D eigenvalue weighted by Gasteiger charge is -2.27. The van der Waals surface area contributed by atoms with Crippen LogP contribution in [-0.4, -0.2) is 75.5 Å². The highest BCUT2D eigenvalue weighted by atomic mass is 32.1. The first-order chi connectivity index (χ1) is 13.5. The average Bonchev–Trinajstić information content (AvgIpc) is 2.66. The molecule has 13 heteroatoms. The van der Waals surface area contributed by atoms with Crippen LogP contribution in [0.15, 0.2) is 0 Å². The van der Waals surface area contributed by atoms with E-state index in [1.54, 1.807) is 13.8 Å². The number of carboxylic acid groups (broad SMARTS) is 2. The Morgan fingerprint density at radius 1 is 0.897 bits per heavy atom. The van der Waals surface area contributed by atoms with Gasteiger partial charge in [-0.3, -0.25) is 19.2 Å². The third kappa shape index (κ3) is 9.37. The third-order valence-electron chi connectivity index (χ3n) is 4.14. The van der Waals surface area contributed by atoms with Crippen molar-refractivity contribution in [2.45, 2.75) is 50.9 Å². The summed E-state index contributed by atoms with van der Waals surface area (Å²) in [6.07, 6.45) is -0.293. The van der Waals surface area contributed by atoms with E-state index < -0.39 is 60.2 Å². The molecule has 0 aliphatic carbocycles. The molecule has 0 fully saturated rings. The fraction of sp³-hybridized carbons (Fsp3) is 0.688. The first-order valence-electron chi connectivity index (χ1n) is 8.81. The van der Waals surface area contributed by atoms with Gasteiger partial charge in [-0.1, -0.05) is 20.3 Å². The third-order valence-corrected chi connectivity index (χ3v) is 4.89. The van der Waals surface area contributed by atoms with Gasteiger partial charge in [0.1, 0.15) is 18.1 Å². The summed E-state index contributed by atoms with van der Waals surface area (Å²) < 4.78 is 0. The minimum atomic E-state index is -1.55. The van der Waals surface area contributed by atoms with Crippen LogP contribution in [0.2, 0.25) is 0 Å². The lowest BCUT2D eigenvalue weighted by molar-refractivity contribution is -0.143. The van der Waals surface area contributed by atoms with E-state index in [1.807, 2.05) is 0 Å². The van der Waals surface area contributed by atoms with Crippen LogP contribution in [0, 0.1) is 5.92 Å². The van der Waals surface area contributed by atoms with E-state index >= 15 is 0 Å². The summed E-state index contributed by atoms with van der Waals surface area (Å²) in [6, 6.07) is -4.95. The number of nitrogens with two attached hydrogens (primary N) is 1. The molecule has 7 N–H and O–H groups in total. The van der Waals surface area contributed by atoms with Gasteiger partial charge in [-0.2, -0.15) is 25.3 Å². The normalized spacial score (nSPS) is 15.9. The van der Waals surface area contributed by atoms with E-state index in [-0.39, 0.29) is 17.4 Å². The van der Waals surface area contributed by atoms with Gasteiger partial charge in [-0.15, -0.1) is 0 Å². The quantitative estimate of drug-likeness (QED) is 0.151. The zero-order valence-corrected chi connectivity index (χ0v) is 17.9. The fourth-order valence-electron chi connectivity index (χ4n) is 2.15. The smallest absolute Gasteiger partial charge is 0.327 e. The average molecular weight is 453 g/mol. The van der Waals surface area contributed by atoms with Crippen molar-refractivity contribution in [3.05, 3.63) is 0 Å². The van der Waals surface area contributed by atoms with Crippen LogP contribution in [0.1, 0.15) is 26.7 Å². The van der Waals surface area contributed by atoms with E-state index in [2.05, 4.69) is 41.2 Å². The first-order valence-corrected chi connectivity index (χ1v) is 10.1. The summed E-state index contributed by atoms with van der Waals surface area (Å²) >= 11 is 7.73. The van der Waals surface area contributed by atoms with Gasteiger partial charge in [0.25, 0.3) is 0 Å². The second-order valence-corrected chi connectivity index (χ2v) is 7.13. The van der Waals surface area contributed by atoms with Gasteiger partial charge >= 0.3 is 11.9 Å². The van der Waals surface area contributed by atoms with Crippen LogP contribution >= 0.6 is 25.3 Å². The molecule has 0 aliphatic heterocycles. The molecule has 11 nitrogen and oxygen atoms in total. The summed E-state index contributed by atoms with van der Waals surface area (Å²) in [4.78, 5) is 59.2. The van der Waals surface area contributed by atoms with E-state index in [4.69, 9.17) is 15.9 Å². The fourth-order valence-corrected chi connectivity index (χ4v) is 2.56. The number of thiol groups is 2. The van der Waals surface area contributed by atoms with Crippen LogP contribution in [-0.2, 0) is 24.0 Å². The Kier molecular flexibility index (Phi) is 12.4. The highest BCUT2D eigenvalue weighted by Crippen LogP contribution is 2.09. The number of amides is 3. The number of carbonyl (C=O) groups excluding carboxylic acids is 3. The van der Waals surface area contributed by atoms with Crippen molar-refractivity contribution in [3.63, 3.8) is 0 Å². The molecule has 166 valence electrons. The molecule has 0 aromatic rings. The summed E-state index contributed by atoms with van der Waals surface area (Å²) in [6.45, 7) is 3.46. The van der Waals surface area contributed by atoms with Crippen LogP contribution in [0.4, 0.5) is 0 Å². The van der Waals surface area contributed by atoms with Crippen molar-refractivity contribution in [1.82, 2.24) is 16.0 Å². The Bertz CT molecular complexity index is 620. The highest BCUT2D eigenvalue weighted by Gasteiger charge is 2.33. The van der Waals surface area contributed by atoms with Crippen molar-refractivity contribution < 1.29 is 34.2 Å². The Morgan fingerprint density at radius 2 is 1.45 bits per heavy atom. The summed E-state index contributed by atoms with van der Waals surface area (Å²) in [5, 5.41) is 24.9. The van der Waals surface area contributed by atoms with Crippen LogP contribution in [0.3, 0.4) is 0 Å². The summed E-state index contributed by atoms with van der Waals surface area (Å²) in [5.74, 6) is -5.71. The van der Waals surface area contributed by atoms with Gasteiger partial charge in [-0.05, 0) is 5.92 Å². The predicted octanol–water partition coefficient (Wildman–Crippen LogP) is -1.77. The second-order valence-electron chi connectivity index (χ2n) is 6.40. The standard InChI is InChI=1S/C16H28N4O7S2/c1-3-7(2)12(20-13(23)8(17)5-28)15(25)18-9(4-11(21)22)14(24)19-10(6-29)16(26)27/h7-10,12,28-29H,3-6,17H2,1-2H3,(H,18,25)(H,19,24)(H,20,23)(H,21,22)(H,26,27). The number of nitrogens with one attached hydrogen (secondary N) is 3.